The van der Waals surface area contributed by atoms with Gasteiger partial charge in [0.2, 0.25) is 5.91 Å². The largest absolute Gasteiger partial charge is 0.366 e. The average molecular weight is 373 g/mol. The van der Waals surface area contributed by atoms with Gasteiger partial charge in [0.1, 0.15) is 5.82 Å². The van der Waals surface area contributed by atoms with E-state index in [1.54, 1.807) is 6.07 Å². The number of anilines is 1. The molecule has 0 bridgehead atoms. The molecule has 0 aliphatic carbocycles. The van der Waals surface area contributed by atoms with Crippen LogP contribution in [0.4, 0.5) is 5.82 Å². The minimum atomic E-state index is -0.512. The molecule has 5 nitrogen and oxygen atoms in total. The number of nitrogens with two attached hydrogens (primary N) is 1. The number of rotatable bonds is 6. The maximum atomic E-state index is 11.3. The lowest BCUT2D eigenvalue weighted by atomic mass is 10.0. The van der Waals surface area contributed by atoms with Crippen LogP contribution < -0.4 is 10.6 Å². The fraction of sp³-hybridized carbons (Fsp3) is 0.400. The van der Waals surface area contributed by atoms with Crippen molar-refractivity contribution in [3.63, 3.8) is 0 Å². The van der Waals surface area contributed by atoms with Crippen molar-refractivity contribution in [1.82, 2.24) is 9.88 Å². The van der Waals surface area contributed by atoms with Crippen molar-refractivity contribution in [2.75, 3.05) is 24.5 Å². The molecule has 2 aromatic rings. The Balaban J connectivity index is 1.74. The van der Waals surface area contributed by atoms with Gasteiger partial charge in [0.25, 0.3) is 0 Å². The molecule has 0 saturated carbocycles. The zero-order valence-electron chi connectivity index (χ0n) is 15.1. The number of carbonyl (C=O) groups is 1. The molecule has 2 heterocycles. The van der Waals surface area contributed by atoms with E-state index < -0.39 is 5.91 Å². The molecule has 1 aromatic heterocycles. The van der Waals surface area contributed by atoms with Crippen molar-refractivity contribution < 1.29 is 4.79 Å². The Morgan fingerprint density at radius 2 is 2.08 bits per heavy atom. The van der Waals surface area contributed by atoms with E-state index in [4.69, 9.17) is 17.3 Å². The van der Waals surface area contributed by atoms with E-state index in [1.807, 2.05) is 6.07 Å². The van der Waals surface area contributed by atoms with Crippen molar-refractivity contribution in [2.45, 2.75) is 32.4 Å². The standard InChI is InChI=1S/C20H25ClN4O/c1-2-6-17-14-25(20-18(21)11-16(12-23-20)19(22)26)10-9-24(17)13-15-7-4-3-5-8-15/h3-5,7-8,11-12,17H,2,6,9-10,13-14H2,1H3,(H2,22,26). The summed E-state index contributed by atoms with van der Waals surface area (Å²) in [7, 11) is 0. The first kappa shape index (κ1) is 18.7. The number of amides is 1. The molecule has 1 aromatic carbocycles. The lowest BCUT2D eigenvalue weighted by Gasteiger charge is -2.42. The number of carbonyl (C=O) groups excluding carboxylic acids is 1. The summed E-state index contributed by atoms with van der Waals surface area (Å²) in [5, 5.41) is 0.480. The second-order valence-electron chi connectivity index (χ2n) is 6.74. The van der Waals surface area contributed by atoms with Gasteiger partial charge < -0.3 is 10.6 Å². The fourth-order valence-electron chi connectivity index (χ4n) is 3.52. The zero-order valence-corrected chi connectivity index (χ0v) is 15.8. The number of halogens is 1. The molecule has 1 fully saturated rings. The van der Waals surface area contributed by atoms with E-state index in [0.29, 0.717) is 16.6 Å². The maximum absolute atomic E-state index is 11.3. The van der Waals surface area contributed by atoms with Gasteiger partial charge in [0.05, 0.1) is 10.6 Å². The Morgan fingerprint density at radius 3 is 2.73 bits per heavy atom. The number of piperazine rings is 1. The van der Waals surface area contributed by atoms with Gasteiger partial charge in [-0.05, 0) is 18.1 Å². The van der Waals surface area contributed by atoms with Crippen LogP contribution in [0.2, 0.25) is 5.02 Å². The van der Waals surface area contributed by atoms with Crippen LogP contribution in [0.5, 0.6) is 0 Å². The van der Waals surface area contributed by atoms with Crippen molar-refractivity contribution in [2.24, 2.45) is 5.73 Å². The predicted octanol–water partition coefficient (Wildman–Crippen LogP) is 3.32. The monoisotopic (exact) mass is 372 g/mol. The van der Waals surface area contributed by atoms with Crippen LogP contribution in [0.15, 0.2) is 42.6 Å². The summed E-state index contributed by atoms with van der Waals surface area (Å²) in [6, 6.07) is 12.6. The summed E-state index contributed by atoms with van der Waals surface area (Å²) < 4.78 is 0. The van der Waals surface area contributed by atoms with Crippen LogP contribution in [0.1, 0.15) is 35.7 Å². The first-order valence-corrected chi connectivity index (χ1v) is 9.44. The molecule has 1 saturated heterocycles. The second kappa shape index (κ2) is 8.52. The third-order valence-corrected chi connectivity index (χ3v) is 5.14. The first-order valence-electron chi connectivity index (χ1n) is 9.06. The van der Waals surface area contributed by atoms with Crippen molar-refractivity contribution in [3.8, 4) is 0 Å². The number of aromatic nitrogens is 1. The normalized spacial score (nSPS) is 18.1. The van der Waals surface area contributed by atoms with E-state index in [-0.39, 0.29) is 0 Å². The molecular formula is C20H25ClN4O. The SMILES string of the molecule is CCCC1CN(c2ncc(C(N)=O)cc2Cl)CCN1Cc1ccccc1. The number of hydrogen-bond donors (Lipinski definition) is 1. The highest BCUT2D eigenvalue weighted by molar-refractivity contribution is 6.33. The minimum absolute atomic E-state index is 0.339. The van der Waals surface area contributed by atoms with Crippen LogP contribution in [0, 0.1) is 0 Å². The van der Waals surface area contributed by atoms with Crippen LogP contribution in [0.3, 0.4) is 0 Å². The molecule has 3 rings (SSSR count). The molecule has 26 heavy (non-hydrogen) atoms. The first-order chi connectivity index (χ1) is 12.6. The molecule has 0 radical (unpaired) electrons. The number of benzene rings is 1. The number of primary amides is 1. The van der Waals surface area contributed by atoms with Gasteiger partial charge in [0, 0.05) is 38.4 Å². The van der Waals surface area contributed by atoms with Crippen molar-refractivity contribution >= 4 is 23.3 Å². The van der Waals surface area contributed by atoms with Gasteiger partial charge in [-0.25, -0.2) is 4.98 Å². The Kier molecular flexibility index (Phi) is 6.12. The van der Waals surface area contributed by atoms with Gasteiger partial charge in [-0.1, -0.05) is 55.3 Å². The van der Waals surface area contributed by atoms with Gasteiger partial charge >= 0.3 is 0 Å². The summed E-state index contributed by atoms with van der Waals surface area (Å²) in [6.07, 6.45) is 3.76. The topological polar surface area (TPSA) is 62.5 Å². The third-order valence-electron chi connectivity index (χ3n) is 4.86. The highest BCUT2D eigenvalue weighted by Crippen LogP contribution is 2.28. The number of hydrogen-bond acceptors (Lipinski definition) is 4. The molecule has 6 heteroatoms. The van der Waals surface area contributed by atoms with Crippen LogP contribution in [-0.4, -0.2) is 41.5 Å². The van der Waals surface area contributed by atoms with Gasteiger partial charge in [0.15, 0.2) is 0 Å². The highest BCUT2D eigenvalue weighted by Gasteiger charge is 2.28. The van der Waals surface area contributed by atoms with Crippen molar-refractivity contribution in [1.29, 1.82) is 0 Å². The molecule has 2 N–H and O–H groups in total. The Morgan fingerprint density at radius 1 is 1.31 bits per heavy atom. The van der Waals surface area contributed by atoms with E-state index in [9.17, 15) is 4.79 Å². The van der Waals surface area contributed by atoms with Gasteiger partial charge in [-0.2, -0.15) is 0 Å². The molecule has 1 aliphatic heterocycles. The van der Waals surface area contributed by atoms with E-state index in [2.05, 4.69) is 46.0 Å². The molecule has 1 atom stereocenters. The van der Waals surface area contributed by atoms with Crippen LogP contribution in [0.25, 0.3) is 0 Å². The average Bonchev–Trinajstić information content (AvgIpc) is 2.64. The Bertz CT molecular complexity index is 753. The van der Waals surface area contributed by atoms with Gasteiger partial charge in [-0.15, -0.1) is 0 Å². The molecule has 1 amide bonds. The summed E-state index contributed by atoms with van der Waals surface area (Å²) in [4.78, 5) is 20.5. The smallest absolute Gasteiger partial charge is 0.250 e. The maximum Gasteiger partial charge on any atom is 0.250 e. The van der Waals surface area contributed by atoms with Crippen LogP contribution >= 0.6 is 11.6 Å². The minimum Gasteiger partial charge on any atom is -0.366 e. The molecular weight excluding hydrogens is 348 g/mol. The van der Waals surface area contributed by atoms with Gasteiger partial charge in [-0.3, -0.25) is 9.69 Å². The molecule has 0 spiro atoms. The van der Waals surface area contributed by atoms with Crippen molar-refractivity contribution in [3.05, 3.63) is 58.7 Å². The Labute approximate surface area is 159 Å². The quantitative estimate of drug-likeness (QED) is 0.844. The zero-order chi connectivity index (χ0) is 18.5. The van der Waals surface area contributed by atoms with E-state index >= 15 is 0 Å². The lowest BCUT2D eigenvalue weighted by molar-refractivity contribution is 0.1000. The van der Waals surface area contributed by atoms with E-state index in [1.165, 1.54) is 11.8 Å². The summed E-state index contributed by atoms with van der Waals surface area (Å²) >= 11 is 6.37. The number of nitrogens with zero attached hydrogens (tertiary/aromatic N) is 3. The molecule has 138 valence electrons. The summed E-state index contributed by atoms with van der Waals surface area (Å²) in [5.74, 6) is 0.222. The van der Waals surface area contributed by atoms with E-state index in [0.717, 1.165) is 44.8 Å². The lowest BCUT2D eigenvalue weighted by Crippen LogP contribution is -2.53. The molecule has 1 unspecified atom stereocenters. The predicted molar refractivity (Wildman–Crippen MR) is 106 cm³/mol. The fourth-order valence-corrected chi connectivity index (χ4v) is 3.80. The Hall–Kier alpha value is -2.11. The number of pyridine rings is 1. The highest BCUT2D eigenvalue weighted by atomic mass is 35.5. The second-order valence-corrected chi connectivity index (χ2v) is 7.15. The molecule has 1 aliphatic rings. The third kappa shape index (κ3) is 4.34. The summed E-state index contributed by atoms with van der Waals surface area (Å²) in [6.45, 7) is 5.86. The summed E-state index contributed by atoms with van der Waals surface area (Å²) in [5.41, 5.74) is 6.98. The van der Waals surface area contributed by atoms with Crippen LogP contribution in [-0.2, 0) is 6.54 Å².